The number of hydrogen-bond donors (Lipinski definition) is 2. The van der Waals surface area contributed by atoms with Gasteiger partial charge >= 0.3 is 0 Å². The number of aromatic nitrogens is 4. The van der Waals surface area contributed by atoms with Crippen molar-refractivity contribution < 1.29 is 9.47 Å². The van der Waals surface area contributed by atoms with E-state index in [2.05, 4.69) is 100 Å². The zero-order valence-electron chi connectivity index (χ0n) is 24.0. The number of benzene rings is 3. The van der Waals surface area contributed by atoms with Crippen molar-refractivity contribution in [2.75, 3.05) is 32.1 Å². The van der Waals surface area contributed by atoms with Gasteiger partial charge in [-0.05, 0) is 29.5 Å². The molecule has 1 aliphatic rings. The van der Waals surface area contributed by atoms with Crippen LogP contribution in [0.25, 0.3) is 11.2 Å². The number of fused-ring (bicyclic) bond motifs is 1. The molecule has 0 radical (unpaired) electrons. The molecule has 42 heavy (non-hydrogen) atoms. The van der Waals surface area contributed by atoms with E-state index in [1.165, 1.54) is 16.7 Å². The Balaban J connectivity index is 1.26. The van der Waals surface area contributed by atoms with E-state index >= 15 is 0 Å². The Morgan fingerprint density at radius 2 is 1.60 bits per heavy atom. The minimum absolute atomic E-state index is 0.0797. The van der Waals surface area contributed by atoms with Gasteiger partial charge in [0.15, 0.2) is 17.0 Å². The normalized spacial score (nSPS) is 16.8. The van der Waals surface area contributed by atoms with Crippen LogP contribution in [0.5, 0.6) is 0 Å². The van der Waals surface area contributed by atoms with E-state index in [-0.39, 0.29) is 18.2 Å². The molecule has 0 aliphatic carbocycles. The highest BCUT2D eigenvalue weighted by Gasteiger charge is 2.29. The summed E-state index contributed by atoms with van der Waals surface area (Å²) in [6, 6.07) is 31.6. The summed E-state index contributed by atoms with van der Waals surface area (Å²) in [6.45, 7) is 2.83. The molecule has 2 aromatic heterocycles. The Morgan fingerprint density at radius 3 is 2.29 bits per heavy atom. The number of nitrogens with zero attached hydrogens (tertiary/aromatic N) is 4. The van der Waals surface area contributed by atoms with Crippen molar-refractivity contribution in [2.24, 2.45) is 0 Å². The first-order chi connectivity index (χ1) is 20.8. The van der Waals surface area contributed by atoms with Crippen LogP contribution in [0.1, 0.15) is 47.5 Å². The third kappa shape index (κ3) is 6.68. The van der Waals surface area contributed by atoms with Gasteiger partial charge < -0.3 is 20.1 Å². The molecule has 6 rings (SSSR count). The molecular weight excluding hydrogens is 524 g/mol. The molecule has 3 heterocycles. The highest BCUT2D eigenvalue weighted by molar-refractivity contribution is 5.83. The summed E-state index contributed by atoms with van der Waals surface area (Å²) in [5.74, 6) is 1.68. The molecule has 216 valence electrons. The van der Waals surface area contributed by atoms with Crippen LogP contribution in [0, 0.1) is 0 Å². The summed E-state index contributed by atoms with van der Waals surface area (Å²) in [4.78, 5) is 14.8. The lowest BCUT2D eigenvalue weighted by Gasteiger charge is -2.20. The van der Waals surface area contributed by atoms with Crippen molar-refractivity contribution in [3.05, 3.63) is 120 Å². The summed E-state index contributed by atoms with van der Waals surface area (Å²) < 4.78 is 13.7. The number of ether oxygens (including phenoxy) is 2. The molecule has 8 heteroatoms. The SMILES string of the molecule is COCC1CCC(n2cnc3c(NCC(c4ccccc4)c4ccccc4)nc(CCNCc4ccccc4)nc32)O1. The smallest absolute Gasteiger partial charge is 0.167 e. The average molecular weight is 563 g/mol. The van der Waals surface area contributed by atoms with Gasteiger partial charge in [-0.3, -0.25) is 4.57 Å². The fraction of sp³-hybridized carbons (Fsp3) is 0.324. The predicted molar refractivity (Wildman–Crippen MR) is 165 cm³/mol. The van der Waals surface area contributed by atoms with E-state index in [0.29, 0.717) is 19.6 Å². The molecule has 0 spiro atoms. The number of nitrogens with one attached hydrogen (secondary N) is 2. The summed E-state index contributed by atoms with van der Waals surface area (Å²) >= 11 is 0. The first-order valence-corrected chi connectivity index (χ1v) is 14.7. The number of rotatable bonds is 13. The van der Waals surface area contributed by atoms with E-state index in [4.69, 9.17) is 24.4 Å². The fourth-order valence-electron chi connectivity index (χ4n) is 5.63. The minimum Gasteiger partial charge on any atom is -0.382 e. The Labute approximate surface area is 247 Å². The lowest BCUT2D eigenvalue weighted by Crippen LogP contribution is -2.19. The van der Waals surface area contributed by atoms with Crippen molar-refractivity contribution in [2.45, 2.75) is 44.1 Å². The lowest BCUT2D eigenvalue weighted by molar-refractivity contribution is -0.0300. The molecule has 1 fully saturated rings. The molecule has 0 amide bonds. The standard InChI is InChI=1S/C34H38N6O2/c1-41-23-28-17-18-31(42-28)40-24-37-32-33(36-22-29(26-13-7-3-8-14-26)27-15-9-4-10-16-27)38-30(39-34(32)40)19-20-35-21-25-11-5-2-6-12-25/h2-16,24,28-29,31,35H,17-23H2,1H3,(H,36,38,39). The Kier molecular flexibility index (Phi) is 9.14. The molecule has 8 nitrogen and oxygen atoms in total. The van der Waals surface area contributed by atoms with E-state index in [0.717, 1.165) is 48.7 Å². The molecule has 1 saturated heterocycles. The van der Waals surface area contributed by atoms with Gasteiger partial charge in [0.05, 0.1) is 19.0 Å². The number of anilines is 1. The van der Waals surface area contributed by atoms with Gasteiger partial charge in [0.2, 0.25) is 0 Å². The fourth-order valence-corrected chi connectivity index (χ4v) is 5.63. The Morgan fingerprint density at radius 1 is 0.905 bits per heavy atom. The first-order valence-electron chi connectivity index (χ1n) is 14.7. The lowest BCUT2D eigenvalue weighted by atomic mass is 9.91. The van der Waals surface area contributed by atoms with Crippen LogP contribution in [0.2, 0.25) is 0 Å². The second-order valence-electron chi connectivity index (χ2n) is 10.7. The molecule has 5 aromatic rings. The molecule has 1 aliphatic heterocycles. The van der Waals surface area contributed by atoms with Crippen LogP contribution in [0.3, 0.4) is 0 Å². The Bertz CT molecular complexity index is 1500. The van der Waals surface area contributed by atoms with Gasteiger partial charge in [0.1, 0.15) is 12.1 Å². The maximum absolute atomic E-state index is 6.30. The zero-order chi connectivity index (χ0) is 28.6. The molecule has 2 N–H and O–H groups in total. The van der Waals surface area contributed by atoms with Crippen LogP contribution < -0.4 is 10.6 Å². The van der Waals surface area contributed by atoms with Crippen molar-refractivity contribution >= 4 is 17.0 Å². The summed E-state index contributed by atoms with van der Waals surface area (Å²) in [5.41, 5.74) is 5.31. The first kappa shape index (κ1) is 28.0. The maximum atomic E-state index is 6.30. The van der Waals surface area contributed by atoms with Crippen molar-refractivity contribution in [1.82, 2.24) is 24.8 Å². The second kappa shape index (κ2) is 13.7. The van der Waals surface area contributed by atoms with Crippen LogP contribution in [-0.4, -0.2) is 52.4 Å². The topological polar surface area (TPSA) is 86.1 Å². The molecule has 2 atom stereocenters. The number of methoxy groups -OCH3 is 1. The summed E-state index contributed by atoms with van der Waals surface area (Å²) in [7, 11) is 1.71. The third-order valence-corrected chi connectivity index (χ3v) is 7.79. The van der Waals surface area contributed by atoms with E-state index < -0.39 is 0 Å². The van der Waals surface area contributed by atoms with E-state index in [9.17, 15) is 0 Å². The van der Waals surface area contributed by atoms with Crippen LogP contribution in [0.15, 0.2) is 97.3 Å². The van der Waals surface area contributed by atoms with Crippen LogP contribution in [-0.2, 0) is 22.4 Å². The quantitative estimate of drug-likeness (QED) is 0.177. The van der Waals surface area contributed by atoms with Gasteiger partial charge in [-0.15, -0.1) is 0 Å². The van der Waals surface area contributed by atoms with E-state index in [1.54, 1.807) is 7.11 Å². The van der Waals surface area contributed by atoms with Crippen LogP contribution >= 0.6 is 0 Å². The third-order valence-electron chi connectivity index (χ3n) is 7.79. The monoisotopic (exact) mass is 562 g/mol. The molecule has 3 aromatic carbocycles. The average Bonchev–Trinajstić information content (AvgIpc) is 3.68. The Hall–Kier alpha value is -4.11. The van der Waals surface area contributed by atoms with Gasteiger partial charge in [-0.25, -0.2) is 15.0 Å². The van der Waals surface area contributed by atoms with Gasteiger partial charge in [-0.2, -0.15) is 0 Å². The van der Waals surface area contributed by atoms with Crippen LogP contribution in [0.4, 0.5) is 5.82 Å². The molecule has 0 saturated carbocycles. The molecule has 2 unspecified atom stereocenters. The van der Waals surface area contributed by atoms with Crippen molar-refractivity contribution in [3.8, 4) is 0 Å². The number of imidazole rings is 1. The highest BCUT2D eigenvalue weighted by Crippen LogP contribution is 2.32. The van der Waals surface area contributed by atoms with Gasteiger partial charge in [0.25, 0.3) is 0 Å². The number of hydrogen-bond acceptors (Lipinski definition) is 7. The molecular formula is C34H38N6O2. The summed E-state index contributed by atoms with van der Waals surface area (Å²) in [6.07, 6.45) is 4.33. The van der Waals surface area contributed by atoms with Crippen molar-refractivity contribution in [3.63, 3.8) is 0 Å². The predicted octanol–water partition coefficient (Wildman–Crippen LogP) is 5.73. The minimum atomic E-state index is -0.122. The van der Waals surface area contributed by atoms with Gasteiger partial charge in [-0.1, -0.05) is 91.0 Å². The van der Waals surface area contributed by atoms with Gasteiger partial charge in [0, 0.05) is 39.1 Å². The molecule has 0 bridgehead atoms. The maximum Gasteiger partial charge on any atom is 0.167 e. The summed E-state index contributed by atoms with van der Waals surface area (Å²) in [5, 5.41) is 7.20. The second-order valence-corrected chi connectivity index (χ2v) is 10.7. The largest absolute Gasteiger partial charge is 0.382 e. The van der Waals surface area contributed by atoms with Crippen molar-refractivity contribution in [1.29, 1.82) is 0 Å². The van der Waals surface area contributed by atoms with E-state index in [1.807, 2.05) is 12.4 Å². The zero-order valence-corrected chi connectivity index (χ0v) is 24.0. The highest BCUT2D eigenvalue weighted by atomic mass is 16.5.